The normalized spacial score (nSPS) is 22.0. The molecule has 1 aromatic rings. The fourth-order valence-electron chi connectivity index (χ4n) is 3.06. The molecule has 2 atom stereocenters. The summed E-state index contributed by atoms with van der Waals surface area (Å²) in [6.45, 7) is 3.27. The van der Waals surface area contributed by atoms with Crippen LogP contribution in [-0.2, 0) is 0 Å². The van der Waals surface area contributed by atoms with Crippen molar-refractivity contribution in [2.24, 2.45) is 5.92 Å². The summed E-state index contributed by atoms with van der Waals surface area (Å²) in [4.78, 5) is 0. The number of benzene rings is 1. The Morgan fingerprint density at radius 2 is 2.00 bits per heavy atom. The SMILES string of the molecule is CC/C=C\CCCOc1ccc([C@@H]2CC[C@H](CO)C2)cc1. The first-order valence-corrected chi connectivity index (χ1v) is 8.32. The Labute approximate surface area is 128 Å². The zero-order chi connectivity index (χ0) is 14.9. The van der Waals surface area contributed by atoms with Crippen LogP contribution >= 0.6 is 0 Å². The van der Waals surface area contributed by atoms with Gasteiger partial charge in [-0.15, -0.1) is 0 Å². The second kappa shape index (κ2) is 8.89. The third-order valence-electron chi connectivity index (χ3n) is 4.34. The van der Waals surface area contributed by atoms with Crippen LogP contribution in [0.1, 0.15) is 56.9 Å². The lowest BCUT2D eigenvalue weighted by Gasteiger charge is -2.12. The van der Waals surface area contributed by atoms with E-state index < -0.39 is 0 Å². The van der Waals surface area contributed by atoms with E-state index in [1.807, 2.05) is 0 Å². The molecule has 1 fully saturated rings. The second-order valence-corrected chi connectivity index (χ2v) is 6.00. The fraction of sp³-hybridized carbons (Fsp3) is 0.579. The highest BCUT2D eigenvalue weighted by atomic mass is 16.5. The lowest BCUT2D eigenvalue weighted by atomic mass is 9.96. The molecule has 2 heteroatoms. The van der Waals surface area contributed by atoms with Crippen molar-refractivity contribution in [3.05, 3.63) is 42.0 Å². The lowest BCUT2D eigenvalue weighted by molar-refractivity contribution is 0.229. The molecule has 0 radical (unpaired) electrons. The highest BCUT2D eigenvalue weighted by molar-refractivity contribution is 5.30. The lowest BCUT2D eigenvalue weighted by Crippen LogP contribution is -2.01. The number of rotatable bonds is 8. The summed E-state index contributed by atoms with van der Waals surface area (Å²) in [5, 5.41) is 9.22. The second-order valence-electron chi connectivity index (χ2n) is 6.00. The number of aliphatic hydroxyl groups excluding tert-OH is 1. The van der Waals surface area contributed by atoms with E-state index in [-0.39, 0.29) is 0 Å². The van der Waals surface area contributed by atoms with E-state index in [0.717, 1.165) is 44.5 Å². The van der Waals surface area contributed by atoms with Crippen molar-refractivity contribution in [3.8, 4) is 5.75 Å². The number of hydrogen-bond acceptors (Lipinski definition) is 2. The summed E-state index contributed by atoms with van der Waals surface area (Å²) in [5.74, 6) is 2.09. The van der Waals surface area contributed by atoms with Crippen LogP contribution < -0.4 is 4.74 Å². The molecule has 116 valence electrons. The highest BCUT2D eigenvalue weighted by Crippen LogP contribution is 2.38. The third kappa shape index (κ3) is 5.20. The van der Waals surface area contributed by atoms with Gasteiger partial charge in [0, 0.05) is 6.61 Å². The van der Waals surface area contributed by atoms with Gasteiger partial charge in [0.05, 0.1) is 6.61 Å². The van der Waals surface area contributed by atoms with E-state index in [9.17, 15) is 5.11 Å². The molecule has 21 heavy (non-hydrogen) atoms. The van der Waals surface area contributed by atoms with Gasteiger partial charge in [-0.2, -0.15) is 0 Å². The maximum absolute atomic E-state index is 9.22. The molecule has 0 spiro atoms. The predicted octanol–water partition coefficient (Wildman–Crippen LogP) is 4.69. The van der Waals surface area contributed by atoms with E-state index in [2.05, 4.69) is 43.3 Å². The summed E-state index contributed by atoms with van der Waals surface area (Å²) in [6, 6.07) is 8.56. The van der Waals surface area contributed by atoms with Crippen molar-refractivity contribution in [3.63, 3.8) is 0 Å². The molecule has 1 N–H and O–H groups in total. The van der Waals surface area contributed by atoms with Gasteiger partial charge in [0.1, 0.15) is 5.75 Å². The van der Waals surface area contributed by atoms with Crippen molar-refractivity contribution in [2.45, 2.75) is 51.4 Å². The molecule has 1 saturated carbocycles. The average Bonchev–Trinajstić information content (AvgIpc) is 3.00. The minimum atomic E-state index is 0.337. The molecule has 0 unspecified atom stereocenters. The van der Waals surface area contributed by atoms with Gasteiger partial charge < -0.3 is 9.84 Å². The summed E-state index contributed by atoms with van der Waals surface area (Å²) >= 11 is 0. The van der Waals surface area contributed by atoms with Crippen LogP contribution in [0.5, 0.6) is 5.75 Å². The number of hydrogen-bond donors (Lipinski definition) is 1. The fourth-order valence-corrected chi connectivity index (χ4v) is 3.06. The van der Waals surface area contributed by atoms with Gasteiger partial charge in [0.25, 0.3) is 0 Å². The minimum Gasteiger partial charge on any atom is -0.494 e. The van der Waals surface area contributed by atoms with E-state index in [1.165, 1.54) is 12.0 Å². The molecule has 1 aliphatic carbocycles. The highest BCUT2D eigenvalue weighted by Gasteiger charge is 2.25. The van der Waals surface area contributed by atoms with Crippen LogP contribution in [0.15, 0.2) is 36.4 Å². The Balaban J connectivity index is 1.73. The Bertz CT molecular complexity index is 422. The molecule has 0 aliphatic heterocycles. The van der Waals surface area contributed by atoms with Crippen molar-refractivity contribution in [2.75, 3.05) is 13.2 Å². The smallest absolute Gasteiger partial charge is 0.119 e. The number of aliphatic hydroxyl groups is 1. The van der Waals surface area contributed by atoms with Crippen LogP contribution in [0.25, 0.3) is 0 Å². The van der Waals surface area contributed by atoms with Crippen LogP contribution in [0.3, 0.4) is 0 Å². The Morgan fingerprint density at radius 3 is 2.67 bits per heavy atom. The van der Waals surface area contributed by atoms with Gasteiger partial charge in [0.2, 0.25) is 0 Å². The third-order valence-corrected chi connectivity index (χ3v) is 4.34. The Hall–Kier alpha value is -1.28. The average molecular weight is 288 g/mol. The summed E-state index contributed by atoms with van der Waals surface area (Å²) in [7, 11) is 0. The Kier molecular flexibility index (Phi) is 6.81. The molecule has 0 saturated heterocycles. The Morgan fingerprint density at radius 1 is 1.19 bits per heavy atom. The maximum Gasteiger partial charge on any atom is 0.119 e. The predicted molar refractivity (Wildman–Crippen MR) is 87.8 cm³/mol. The first-order valence-electron chi connectivity index (χ1n) is 8.32. The first-order chi connectivity index (χ1) is 10.3. The molecule has 1 aliphatic rings. The van der Waals surface area contributed by atoms with Crippen molar-refractivity contribution in [1.82, 2.24) is 0 Å². The standard InChI is InChI=1S/C19H28O2/c1-2-3-4-5-6-13-21-19-11-9-17(10-12-19)18-8-7-16(14-18)15-20/h3-4,9-12,16,18,20H,2,5-8,13-15H2,1H3/b4-3-/t16-,18+/m0/s1. The zero-order valence-electron chi connectivity index (χ0n) is 13.1. The van der Waals surface area contributed by atoms with Crippen LogP contribution in [0.4, 0.5) is 0 Å². The molecule has 0 amide bonds. The van der Waals surface area contributed by atoms with Gasteiger partial charge in [0.15, 0.2) is 0 Å². The molecular weight excluding hydrogens is 260 g/mol. The maximum atomic E-state index is 9.22. The zero-order valence-corrected chi connectivity index (χ0v) is 13.1. The summed E-state index contributed by atoms with van der Waals surface area (Å²) < 4.78 is 5.77. The number of ether oxygens (including phenoxy) is 1. The number of unbranched alkanes of at least 4 members (excludes halogenated alkanes) is 1. The van der Waals surface area contributed by atoms with Crippen molar-refractivity contribution >= 4 is 0 Å². The molecular formula is C19H28O2. The van der Waals surface area contributed by atoms with Crippen molar-refractivity contribution in [1.29, 1.82) is 0 Å². The van der Waals surface area contributed by atoms with Gasteiger partial charge in [-0.3, -0.25) is 0 Å². The van der Waals surface area contributed by atoms with Gasteiger partial charge in [-0.25, -0.2) is 0 Å². The van der Waals surface area contributed by atoms with Gasteiger partial charge >= 0.3 is 0 Å². The van der Waals surface area contributed by atoms with Crippen LogP contribution in [0, 0.1) is 5.92 Å². The molecule has 2 rings (SSSR count). The van der Waals surface area contributed by atoms with Gasteiger partial charge in [-0.1, -0.05) is 31.2 Å². The van der Waals surface area contributed by atoms with E-state index in [1.54, 1.807) is 0 Å². The molecule has 0 aromatic heterocycles. The topological polar surface area (TPSA) is 29.5 Å². The summed E-state index contributed by atoms with van der Waals surface area (Å²) in [6.07, 6.45) is 11.2. The largest absolute Gasteiger partial charge is 0.494 e. The molecule has 2 nitrogen and oxygen atoms in total. The van der Waals surface area contributed by atoms with E-state index in [4.69, 9.17) is 4.74 Å². The van der Waals surface area contributed by atoms with Gasteiger partial charge in [-0.05, 0) is 68.1 Å². The van der Waals surface area contributed by atoms with Crippen LogP contribution in [0.2, 0.25) is 0 Å². The molecule has 0 heterocycles. The van der Waals surface area contributed by atoms with E-state index >= 15 is 0 Å². The minimum absolute atomic E-state index is 0.337. The monoisotopic (exact) mass is 288 g/mol. The van der Waals surface area contributed by atoms with Crippen molar-refractivity contribution < 1.29 is 9.84 Å². The summed E-state index contributed by atoms with van der Waals surface area (Å²) in [5.41, 5.74) is 1.39. The number of allylic oxidation sites excluding steroid dienone is 2. The van der Waals surface area contributed by atoms with Crippen LogP contribution in [-0.4, -0.2) is 18.3 Å². The quantitative estimate of drug-likeness (QED) is 0.555. The van der Waals surface area contributed by atoms with E-state index in [0.29, 0.717) is 18.4 Å². The molecule has 1 aromatic carbocycles. The first kappa shape index (κ1) is 16.1. The molecule has 0 bridgehead atoms.